The fraction of sp³-hybridized carbons (Fsp3) is 0.615. The molecule has 96 valence electrons. The molecule has 1 rings (SSSR count). The van der Waals surface area contributed by atoms with E-state index in [0.29, 0.717) is 17.5 Å². The van der Waals surface area contributed by atoms with Crippen molar-refractivity contribution in [2.24, 2.45) is 5.92 Å². The van der Waals surface area contributed by atoms with Gasteiger partial charge in [-0.25, -0.2) is 4.98 Å². The number of aromatic nitrogens is 1. The Balaban J connectivity index is 2.47. The molecule has 0 radical (unpaired) electrons. The fourth-order valence-electron chi connectivity index (χ4n) is 1.64. The molecular formula is C13H21BrN2O. The van der Waals surface area contributed by atoms with Gasteiger partial charge in [-0.1, -0.05) is 33.1 Å². The van der Waals surface area contributed by atoms with Gasteiger partial charge in [0.05, 0.1) is 23.0 Å². The fourth-order valence-corrected chi connectivity index (χ4v) is 2.12. The zero-order valence-electron chi connectivity index (χ0n) is 10.6. The highest BCUT2D eigenvalue weighted by Gasteiger charge is 2.09. The number of hydrogen-bond acceptors (Lipinski definition) is 3. The summed E-state index contributed by atoms with van der Waals surface area (Å²) in [6.45, 7) is 5.15. The number of nitrogens with zero attached hydrogens (tertiary/aromatic N) is 1. The van der Waals surface area contributed by atoms with Crippen molar-refractivity contribution in [3.8, 4) is 5.88 Å². The molecule has 4 heteroatoms. The van der Waals surface area contributed by atoms with E-state index in [9.17, 15) is 0 Å². The van der Waals surface area contributed by atoms with Crippen molar-refractivity contribution in [2.75, 3.05) is 12.3 Å². The van der Waals surface area contributed by atoms with Crippen molar-refractivity contribution in [3.05, 3.63) is 16.7 Å². The van der Waals surface area contributed by atoms with E-state index in [0.717, 1.165) is 17.5 Å². The zero-order valence-corrected chi connectivity index (χ0v) is 12.2. The van der Waals surface area contributed by atoms with Crippen LogP contribution in [0.5, 0.6) is 5.88 Å². The molecule has 17 heavy (non-hydrogen) atoms. The molecule has 0 aliphatic carbocycles. The van der Waals surface area contributed by atoms with Crippen LogP contribution in [0.15, 0.2) is 16.7 Å². The number of anilines is 1. The van der Waals surface area contributed by atoms with E-state index < -0.39 is 0 Å². The van der Waals surface area contributed by atoms with Crippen LogP contribution in [0, 0.1) is 5.92 Å². The van der Waals surface area contributed by atoms with Crippen LogP contribution in [-0.4, -0.2) is 11.6 Å². The van der Waals surface area contributed by atoms with Gasteiger partial charge in [0.1, 0.15) is 0 Å². The third kappa shape index (κ3) is 4.94. The molecule has 3 nitrogen and oxygen atoms in total. The van der Waals surface area contributed by atoms with Gasteiger partial charge in [-0.05, 0) is 34.3 Å². The number of rotatable bonds is 7. The van der Waals surface area contributed by atoms with Crippen LogP contribution in [0.4, 0.5) is 5.69 Å². The van der Waals surface area contributed by atoms with Gasteiger partial charge in [-0.15, -0.1) is 0 Å². The summed E-state index contributed by atoms with van der Waals surface area (Å²) in [5, 5.41) is 0. The molecule has 0 spiro atoms. The first kappa shape index (κ1) is 14.3. The number of hydrogen-bond donors (Lipinski definition) is 1. The highest BCUT2D eigenvalue weighted by Crippen LogP contribution is 2.25. The van der Waals surface area contributed by atoms with Crippen molar-refractivity contribution in [1.29, 1.82) is 0 Å². The molecule has 2 N–H and O–H groups in total. The summed E-state index contributed by atoms with van der Waals surface area (Å²) in [5.41, 5.74) is 6.27. The zero-order chi connectivity index (χ0) is 12.7. The summed E-state index contributed by atoms with van der Waals surface area (Å²) in [6, 6.07) is 1.81. The third-order valence-electron chi connectivity index (χ3n) is 2.83. The third-order valence-corrected chi connectivity index (χ3v) is 3.40. The summed E-state index contributed by atoms with van der Waals surface area (Å²) in [5.74, 6) is 1.25. The lowest BCUT2D eigenvalue weighted by atomic mass is 10.0. The molecule has 1 atom stereocenters. The molecule has 0 aliphatic heterocycles. The Bertz CT molecular complexity index is 344. The van der Waals surface area contributed by atoms with Gasteiger partial charge in [0.15, 0.2) is 0 Å². The van der Waals surface area contributed by atoms with Crippen LogP contribution in [0.1, 0.15) is 39.5 Å². The average molecular weight is 301 g/mol. The van der Waals surface area contributed by atoms with Gasteiger partial charge in [0, 0.05) is 0 Å². The molecule has 1 aromatic rings. The Hall–Kier alpha value is -0.770. The van der Waals surface area contributed by atoms with E-state index >= 15 is 0 Å². The molecule has 0 saturated carbocycles. The van der Waals surface area contributed by atoms with Gasteiger partial charge >= 0.3 is 0 Å². The number of unbranched alkanes of at least 4 members (excludes halogenated alkanes) is 1. The topological polar surface area (TPSA) is 48.1 Å². The van der Waals surface area contributed by atoms with Crippen LogP contribution in [0.2, 0.25) is 0 Å². The largest absolute Gasteiger partial charge is 0.477 e. The Morgan fingerprint density at radius 3 is 2.82 bits per heavy atom. The first-order valence-corrected chi connectivity index (χ1v) is 7.00. The normalized spacial score (nSPS) is 12.4. The lowest BCUT2D eigenvalue weighted by molar-refractivity contribution is 0.224. The predicted molar refractivity (Wildman–Crippen MR) is 75.2 cm³/mol. The first-order valence-electron chi connectivity index (χ1n) is 6.21. The maximum atomic E-state index is 5.73. The Morgan fingerprint density at radius 2 is 2.24 bits per heavy atom. The van der Waals surface area contributed by atoms with Crippen LogP contribution < -0.4 is 10.5 Å². The summed E-state index contributed by atoms with van der Waals surface area (Å²) in [4.78, 5) is 4.17. The molecule has 0 saturated heterocycles. The molecule has 0 aliphatic rings. The molecule has 0 bridgehead atoms. The number of nitrogens with two attached hydrogens (primary N) is 1. The molecule has 1 aromatic heterocycles. The minimum Gasteiger partial charge on any atom is -0.477 e. The second-order valence-electron chi connectivity index (χ2n) is 4.28. The van der Waals surface area contributed by atoms with E-state index in [-0.39, 0.29) is 0 Å². The summed E-state index contributed by atoms with van der Waals surface area (Å²) < 4.78 is 6.55. The Labute approximate surface area is 112 Å². The second-order valence-corrected chi connectivity index (χ2v) is 5.14. The van der Waals surface area contributed by atoms with Crippen molar-refractivity contribution in [2.45, 2.75) is 39.5 Å². The van der Waals surface area contributed by atoms with Gasteiger partial charge in [-0.3, -0.25) is 0 Å². The van der Waals surface area contributed by atoms with Gasteiger partial charge in [0.2, 0.25) is 5.88 Å². The molecule has 1 heterocycles. The van der Waals surface area contributed by atoms with Crippen LogP contribution in [0.3, 0.4) is 0 Å². The number of pyridine rings is 1. The Morgan fingerprint density at radius 1 is 1.47 bits per heavy atom. The minimum atomic E-state index is 0.612. The Kier molecular flexibility index (Phi) is 6.34. The van der Waals surface area contributed by atoms with Crippen LogP contribution >= 0.6 is 15.9 Å². The first-order chi connectivity index (χ1) is 8.17. The number of nitrogen functional groups attached to an aromatic ring is 1. The van der Waals surface area contributed by atoms with Crippen molar-refractivity contribution in [3.63, 3.8) is 0 Å². The smallest absolute Gasteiger partial charge is 0.228 e. The highest BCUT2D eigenvalue weighted by atomic mass is 79.9. The quantitative estimate of drug-likeness (QED) is 0.827. The molecule has 0 aromatic carbocycles. The van der Waals surface area contributed by atoms with Crippen LogP contribution in [0.25, 0.3) is 0 Å². The van der Waals surface area contributed by atoms with Crippen molar-refractivity contribution in [1.82, 2.24) is 4.98 Å². The van der Waals surface area contributed by atoms with Gasteiger partial charge < -0.3 is 10.5 Å². The van der Waals surface area contributed by atoms with Crippen molar-refractivity contribution < 1.29 is 4.74 Å². The standard InChI is InChI=1S/C13H21BrN2O/c1-3-5-6-10(4-2)9-17-13-12(14)7-11(15)8-16-13/h7-8,10H,3-6,9,15H2,1-2H3. The molecular weight excluding hydrogens is 280 g/mol. The van der Waals surface area contributed by atoms with Gasteiger partial charge in [0.25, 0.3) is 0 Å². The van der Waals surface area contributed by atoms with Crippen molar-refractivity contribution >= 4 is 21.6 Å². The summed E-state index contributed by atoms with van der Waals surface area (Å²) >= 11 is 3.40. The SMILES string of the molecule is CCCCC(CC)COc1ncc(N)cc1Br. The van der Waals surface area contributed by atoms with E-state index in [1.54, 1.807) is 6.20 Å². The monoisotopic (exact) mass is 300 g/mol. The van der Waals surface area contributed by atoms with Crippen LogP contribution in [-0.2, 0) is 0 Å². The summed E-state index contributed by atoms with van der Waals surface area (Å²) in [7, 11) is 0. The lowest BCUT2D eigenvalue weighted by Gasteiger charge is -2.15. The predicted octanol–water partition coefficient (Wildman–Crippen LogP) is 4.02. The maximum absolute atomic E-state index is 5.73. The van der Waals surface area contributed by atoms with Gasteiger partial charge in [-0.2, -0.15) is 0 Å². The van der Waals surface area contributed by atoms with E-state index in [1.165, 1.54) is 19.3 Å². The second kappa shape index (κ2) is 7.54. The highest BCUT2D eigenvalue weighted by molar-refractivity contribution is 9.10. The molecule has 0 amide bonds. The average Bonchev–Trinajstić information content (AvgIpc) is 2.31. The summed E-state index contributed by atoms with van der Waals surface area (Å²) in [6.07, 6.45) is 6.48. The van der Waals surface area contributed by atoms with E-state index in [1.807, 2.05) is 6.07 Å². The minimum absolute atomic E-state index is 0.612. The van der Waals surface area contributed by atoms with E-state index in [2.05, 4.69) is 34.8 Å². The maximum Gasteiger partial charge on any atom is 0.228 e. The number of ether oxygens (including phenoxy) is 1. The molecule has 0 fully saturated rings. The van der Waals surface area contributed by atoms with E-state index in [4.69, 9.17) is 10.5 Å². The number of halogens is 1. The molecule has 1 unspecified atom stereocenters. The lowest BCUT2D eigenvalue weighted by Crippen LogP contribution is -2.12.